The summed E-state index contributed by atoms with van der Waals surface area (Å²) in [6.07, 6.45) is 0. The van der Waals surface area contributed by atoms with Crippen molar-refractivity contribution in [3.8, 4) is 5.75 Å². The largest absolute Gasteiger partial charge is 0.508 e. The van der Waals surface area contributed by atoms with Gasteiger partial charge in [0, 0.05) is 11.1 Å². The highest BCUT2D eigenvalue weighted by Gasteiger charge is 2.11. The van der Waals surface area contributed by atoms with Gasteiger partial charge in [0.25, 0.3) is 11.8 Å². The number of hydrogen-bond donors (Lipinski definition) is 5. The van der Waals surface area contributed by atoms with Gasteiger partial charge in [-0.3, -0.25) is 20.4 Å². The second-order valence-electron chi connectivity index (χ2n) is 2.72. The monoisotopic (exact) mass is 210 g/mol. The Morgan fingerprint density at radius 2 is 1.40 bits per heavy atom. The lowest BCUT2D eigenvalue weighted by Crippen LogP contribution is -2.32. The molecule has 0 saturated heterocycles. The Balaban J connectivity index is 3.16. The number of benzene rings is 1. The second-order valence-corrected chi connectivity index (χ2v) is 2.72. The minimum Gasteiger partial charge on any atom is -0.508 e. The first-order valence-electron chi connectivity index (χ1n) is 3.94. The standard InChI is InChI=1S/C8H10N4O3/c9-11-7(14)4-1-5(8(15)12-10)3-6(13)2-4/h1-3,13H,9-10H2,(H,11,14)(H,12,15). The minimum atomic E-state index is -0.614. The van der Waals surface area contributed by atoms with Crippen LogP contribution in [0.25, 0.3) is 0 Å². The molecule has 0 aliphatic rings. The van der Waals surface area contributed by atoms with E-state index in [-0.39, 0.29) is 16.9 Å². The lowest BCUT2D eigenvalue weighted by molar-refractivity contribution is 0.0953. The summed E-state index contributed by atoms with van der Waals surface area (Å²) in [7, 11) is 0. The van der Waals surface area contributed by atoms with Gasteiger partial charge in [0.2, 0.25) is 0 Å². The van der Waals surface area contributed by atoms with E-state index in [1.807, 2.05) is 10.9 Å². The van der Waals surface area contributed by atoms with Crippen molar-refractivity contribution in [2.75, 3.05) is 0 Å². The van der Waals surface area contributed by atoms with Crippen LogP contribution >= 0.6 is 0 Å². The quantitative estimate of drug-likeness (QED) is 0.233. The third-order valence-electron chi connectivity index (χ3n) is 1.70. The summed E-state index contributed by atoms with van der Waals surface area (Å²) in [4.78, 5) is 22.2. The van der Waals surface area contributed by atoms with Gasteiger partial charge in [-0.25, -0.2) is 11.7 Å². The zero-order chi connectivity index (χ0) is 11.4. The van der Waals surface area contributed by atoms with Crippen molar-refractivity contribution in [1.82, 2.24) is 10.9 Å². The second kappa shape index (κ2) is 4.40. The Labute approximate surface area is 85.0 Å². The molecule has 15 heavy (non-hydrogen) atoms. The molecule has 0 aliphatic heterocycles. The van der Waals surface area contributed by atoms with E-state index >= 15 is 0 Å². The predicted octanol–water partition coefficient (Wildman–Crippen LogP) is -1.40. The molecule has 1 rings (SSSR count). The van der Waals surface area contributed by atoms with E-state index in [4.69, 9.17) is 11.7 Å². The fourth-order valence-electron chi connectivity index (χ4n) is 1.04. The van der Waals surface area contributed by atoms with Crippen LogP contribution in [0.15, 0.2) is 18.2 Å². The molecule has 7 nitrogen and oxygen atoms in total. The van der Waals surface area contributed by atoms with Gasteiger partial charge in [-0.2, -0.15) is 0 Å². The Morgan fingerprint density at radius 1 is 1.00 bits per heavy atom. The van der Waals surface area contributed by atoms with E-state index in [0.29, 0.717) is 0 Å². The highest BCUT2D eigenvalue weighted by atomic mass is 16.3. The van der Waals surface area contributed by atoms with Gasteiger partial charge in [0.05, 0.1) is 0 Å². The molecule has 1 aromatic rings. The lowest BCUT2D eigenvalue weighted by atomic mass is 10.1. The van der Waals surface area contributed by atoms with Crippen molar-refractivity contribution in [3.05, 3.63) is 29.3 Å². The number of rotatable bonds is 2. The third kappa shape index (κ3) is 2.42. The molecule has 0 aromatic heterocycles. The highest BCUT2D eigenvalue weighted by Crippen LogP contribution is 2.15. The number of phenols is 1. The molecule has 0 spiro atoms. The van der Waals surface area contributed by atoms with Crippen LogP contribution in [0, 0.1) is 0 Å². The number of hydrogen-bond acceptors (Lipinski definition) is 5. The molecule has 0 heterocycles. The van der Waals surface area contributed by atoms with Crippen molar-refractivity contribution in [3.63, 3.8) is 0 Å². The van der Waals surface area contributed by atoms with Crippen molar-refractivity contribution >= 4 is 11.8 Å². The normalized spacial score (nSPS) is 9.47. The van der Waals surface area contributed by atoms with Crippen LogP contribution in [-0.2, 0) is 0 Å². The van der Waals surface area contributed by atoms with E-state index in [1.54, 1.807) is 0 Å². The minimum absolute atomic E-state index is 0.0658. The van der Waals surface area contributed by atoms with Crippen LogP contribution in [0.2, 0.25) is 0 Å². The van der Waals surface area contributed by atoms with E-state index in [1.165, 1.54) is 18.2 Å². The smallest absolute Gasteiger partial charge is 0.265 e. The van der Waals surface area contributed by atoms with Gasteiger partial charge >= 0.3 is 0 Å². The molecular formula is C8H10N4O3. The fraction of sp³-hybridized carbons (Fsp3) is 0. The Kier molecular flexibility index (Phi) is 3.21. The number of aromatic hydroxyl groups is 1. The zero-order valence-corrected chi connectivity index (χ0v) is 7.65. The van der Waals surface area contributed by atoms with Crippen LogP contribution in [-0.4, -0.2) is 16.9 Å². The molecule has 2 amide bonds. The molecule has 7 N–H and O–H groups in total. The summed E-state index contributed by atoms with van der Waals surface area (Å²) in [5, 5.41) is 9.24. The maximum Gasteiger partial charge on any atom is 0.265 e. The number of amides is 2. The average Bonchev–Trinajstić information content (AvgIpc) is 2.26. The fourth-order valence-corrected chi connectivity index (χ4v) is 1.04. The zero-order valence-electron chi connectivity index (χ0n) is 7.65. The summed E-state index contributed by atoms with van der Waals surface area (Å²) in [5.41, 5.74) is 3.89. The van der Waals surface area contributed by atoms with E-state index < -0.39 is 11.8 Å². The number of nitrogens with one attached hydrogen (secondary N) is 2. The first-order chi connectivity index (χ1) is 7.08. The van der Waals surface area contributed by atoms with E-state index in [9.17, 15) is 14.7 Å². The van der Waals surface area contributed by atoms with Crippen LogP contribution < -0.4 is 22.5 Å². The summed E-state index contributed by atoms with van der Waals surface area (Å²) in [6.45, 7) is 0. The first-order valence-corrected chi connectivity index (χ1v) is 3.94. The SMILES string of the molecule is NNC(=O)c1cc(O)cc(C(=O)NN)c1. The van der Waals surface area contributed by atoms with Gasteiger partial charge in [0.15, 0.2) is 0 Å². The van der Waals surface area contributed by atoms with Crippen molar-refractivity contribution in [2.24, 2.45) is 11.7 Å². The Morgan fingerprint density at radius 3 is 1.73 bits per heavy atom. The van der Waals surface area contributed by atoms with Crippen LogP contribution in [0.4, 0.5) is 0 Å². The number of nitrogens with two attached hydrogens (primary N) is 2. The third-order valence-corrected chi connectivity index (χ3v) is 1.70. The molecule has 1 aromatic carbocycles. The van der Waals surface area contributed by atoms with Gasteiger partial charge in [-0.05, 0) is 18.2 Å². The number of hydrazine groups is 2. The topological polar surface area (TPSA) is 130 Å². The number of carbonyl (C=O) groups excluding carboxylic acids is 2. The van der Waals surface area contributed by atoms with Crippen molar-refractivity contribution in [2.45, 2.75) is 0 Å². The predicted molar refractivity (Wildman–Crippen MR) is 51.4 cm³/mol. The molecule has 7 heteroatoms. The molecule has 0 saturated carbocycles. The maximum absolute atomic E-state index is 11.1. The van der Waals surface area contributed by atoms with Gasteiger partial charge in [0.1, 0.15) is 5.75 Å². The number of nitrogen functional groups attached to an aromatic ring is 2. The van der Waals surface area contributed by atoms with Gasteiger partial charge in [-0.1, -0.05) is 0 Å². The summed E-state index contributed by atoms with van der Waals surface area (Å²) in [6, 6.07) is 3.61. The molecule has 0 bridgehead atoms. The molecule has 0 atom stereocenters. The van der Waals surface area contributed by atoms with Gasteiger partial charge in [-0.15, -0.1) is 0 Å². The Hall–Kier alpha value is -2.12. The molecule has 80 valence electrons. The highest BCUT2D eigenvalue weighted by molar-refractivity contribution is 5.99. The van der Waals surface area contributed by atoms with Crippen LogP contribution in [0.1, 0.15) is 20.7 Å². The van der Waals surface area contributed by atoms with Crippen LogP contribution in [0.5, 0.6) is 5.75 Å². The van der Waals surface area contributed by atoms with Crippen molar-refractivity contribution in [1.29, 1.82) is 0 Å². The van der Waals surface area contributed by atoms with Crippen molar-refractivity contribution < 1.29 is 14.7 Å². The molecular weight excluding hydrogens is 200 g/mol. The lowest BCUT2D eigenvalue weighted by Gasteiger charge is -2.04. The summed E-state index contributed by atoms with van der Waals surface area (Å²) >= 11 is 0. The molecule has 0 fully saturated rings. The van der Waals surface area contributed by atoms with Crippen LogP contribution in [0.3, 0.4) is 0 Å². The van der Waals surface area contributed by atoms with E-state index in [2.05, 4.69) is 0 Å². The molecule has 0 radical (unpaired) electrons. The van der Waals surface area contributed by atoms with Gasteiger partial charge < -0.3 is 5.11 Å². The van der Waals surface area contributed by atoms with E-state index in [0.717, 1.165) is 0 Å². The first kappa shape index (κ1) is 11.0. The molecule has 0 aliphatic carbocycles. The Bertz CT molecular complexity index is 371. The summed E-state index contributed by atoms with van der Waals surface area (Å²) < 4.78 is 0. The molecule has 0 unspecified atom stereocenters. The average molecular weight is 210 g/mol. The maximum atomic E-state index is 11.1. The number of carbonyl (C=O) groups is 2. The summed E-state index contributed by atoms with van der Waals surface area (Å²) in [5.74, 6) is 8.36. The number of phenolic OH excluding ortho intramolecular Hbond substituents is 1.